The van der Waals surface area contributed by atoms with Crippen molar-refractivity contribution >= 4 is 15.5 Å². The summed E-state index contributed by atoms with van der Waals surface area (Å²) < 4.78 is 22.0. The first-order valence-corrected chi connectivity index (χ1v) is 6.06. The van der Waals surface area contributed by atoms with E-state index in [0.29, 0.717) is 11.4 Å². The van der Waals surface area contributed by atoms with Crippen LogP contribution in [0.5, 0.6) is 0 Å². The molecule has 0 fully saturated rings. The lowest BCUT2D eigenvalue weighted by atomic mass is 10.1. The number of nitrogens with two attached hydrogens (primary N) is 1. The summed E-state index contributed by atoms with van der Waals surface area (Å²) in [4.78, 5) is 4.01. The van der Waals surface area contributed by atoms with Gasteiger partial charge >= 0.3 is 0 Å². The zero-order valence-corrected chi connectivity index (χ0v) is 9.30. The summed E-state index contributed by atoms with van der Waals surface area (Å²) >= 11 is 0. The topological polar surface area (TPSA) is 73.0 Å². The Labute approximate surface area is 84.1 Å². The maximum Gasteiger partial charge on any atom is 0.158 e. The van der Waals surface area contributed by atoms with Gasteiger partial charge in [0.2, 0.25) is 0 Å². The SMILES string of the molecule is CC(C)(c1ccc(N)cn1)S(C)(=O)=O. The monoisotopic (exact) mass is 214 g/mol. The van der Waals surface area contributed by atoms with Crippen molar-refractivity contribution in [2.24, 2.45) is 0 Å². The number of nitrogen functional groups attached to an aromatic ring is 1. The summed E-state index contributed by atoms with van der Waals surface area (Å²) in [6, 6.07) is 3.28. The highest BCUT2D eigenvalue weighted by Gasteiger charge is 2.33. The minimum Gasteiger partial charge on any atom is -0.397 e. The Bertz CT molecular complexity index is 421. The lowest BCUT2D eigenvalue weighted by molar-refractivity contribution is 0.556. The van der Waals surface area contributed by atoms with Gasteiger partial charge in [-0.15, -0.1) is 0 Å². The van der Waals surface area contributed by atoms with Crippen molar-refractivity contribution in [2.75, 3.05) is 12.0 Å². The van der Waals surface area contributed by atoms with Crippen molar-refractivity contribution in [1.29, 1.82) is 0 Å². The highest BCUT2D eigenvalue weighted by molar-refractivity contribution is 7.91. The van der Waals surface area contributed by atoms with Crippen LogP contribution in [-0.4, -0.2) is 19.7 Å². The second-order valence-corrected chi connectivity index (χ2v) is 6.32. The van der Waals surface area contributed by atoms with E-state index in [4.69, 9.17) is 5.73 Å². The number of rotatable bonds is 2. The second-order valence-electron chi connectivity index (χ2n) is 3.76. The number of hydrogen-bond acceptors (Lipinski definition) is 4. The maximum absolute atomic E-state index is 11.5. The lowest BCUT2D eigenvalue weighted by Gasteiger charge is -2.21. The fourth-order valence-corrected chi connectivity index (χ4v) is 1.45. The Morgan fingerprint density at radius 2 is 1.93 bits per heavy atom. The first-order chi connectivity index (χ1) is 6.25. The molecular weight excluding hydrogens is 200 g/mol. The summed E-state index contributed by atoms with van der Waals surface area (Å²) in [5.41, 5.74) is 6.50. The van der Waals surface area contributed by atoms with Gasteiger partial charge in [0.15, 0.2) is 9.84 Å². The standard InChI is InChI=1S/C9H14N2O2S/c1-9(2,14(3,12)13)8-5-4-7(10)6-11-8/h4-6H,10H2,1-3H3. The number of sulfone groups is 1. The predicted octanol–water partition coefficient (Wildman–Crippen LogP) is 0.944. The molecule has 14 heavy (non-hydrogen) atoms. The molecule has 0 aliphatic rings. The molecule has 0 bridgehead atoms. The van der Waals surface area contributed by atoms with E-state index in [9.17, 15) is 8.42 Å². The normalized spacial score (nSPS) is 12.8. The number of nitrogens with zero attached hydrogens (tertiary/aromatic N) is 1. The van der Waals surface area contributed by atoms with Gasteiger partial charge < -0.3 is 5.73 Å². The number of pyridine rings is 1. The molecule has 4 nitrogen and oxygen atoms in total. The molecule has 0 aliphatic heterocycles. The molecule has 1 aromatic heterocycles. The van der Waals surface area contributed by atoms with Gasteiger partial charge in [0, 0.05) is 6.26 Å². The summed E-state index contributed by atoms with van der Waals surface area (Å²) in [5, 5.41) is 0. The molecule has 1 rings (SSSR count). The van der Waals surface area contributed by atoms with Gasteiger partial charge in [-0.25, -0.2) is 8.42 Å². The van der Waals surface area contributed by atoms with E-state index in [1.165, 1.54) is 12.5 Å². The molecule has 0 atom stereocenters. The minimum atomic E-state index is -3.17. The average molecular weight is 214 g/mol. The molecule has 1 heterocycles. The largest absolute Gasteiger partial charge is 0.397 e. The van der Waals surface area contributed by atoms with Crippen LogP contribution in [0.15, 0.2) is 18.3 Å². The second kappa shape index (κ2) is 3.24. The van der Waals surface area contributed by atoms with Crippen molar-refractivity contribution < 1.29 is 8.42 Å². The minimum absolute atomic E-state index is 0.509. The van der Waals surface area contributed by atoms with E-state index in [2.05, 4.69) is 4.98 Å². The molecule has 0 saturated heterocycles. The molecule has 0 spiro atoms. The van der Waals surface area contributed by atoms with Crippen LogP contribution in [0.2, 0.25) is 0 Å². The van der Waals surface area contributed by atoms with Gasteiger partial charge in [0.25, 0.3) is 0 Å². The highest BCUT2D eigenvalue weighted by atomic mass is 32.2. The first kappa shape index (κ1) is 11.0. The maximum atomic E-state index is 11.5. The predicted molar refractivity (Wildman–Crippen MR) is 56.5 cm³/mol. The van der Waals surface area contributed by atoms with Gasteiger partial charge in [-0.05, 0) is 26.0 Å². The molecule has 0 radical (unpaired) electrons. The molecule has 0 amide bonds. The summed E-state index contributed by atoms with van der Waals surface area (Å²) in [6.45, 7) is 3.25. The van der Waals surface area contributed by atoms with Crippen LogP contribution in [0.3, 0.4) is 0 Å². The summed E-state index contributed by atoms with van der Waals surface area (Å²) in [5.74, 6) is 0. The Morgan fingerprint density at radius 1 is 1.36 bits per heavy atom. The van der Waals surface area contributed by atoms with Crippen LogP contribution in [-0.2, 0) is 14.6 Å². The van der Waals surface area contributed by atoms with Crippen molar-refractivity contribution in [3.63, 3.8) is 0 Å². The molecule has 0 saturated carbocycles. The third-order valence-corrected chi connectivity index (χ3v) is 4.39. The fourth-order valence-electron chi connectivity index (χ4n) is 0.951. The van der Waals surface area contributed by atoms with Crippen LogP contribution < -0.4 is 5.73 Å². The fraction of sp³-hybridized carbons (Fsp3) is 0.444. The quantitative estimate of drug-likeness (QED) is 0.795. The molecule has 0 aliphatic carbocycles. The van der Waals surface area contributed by atoms with Crippen LogP contribution in [0.4, 0.5) is 5.69 Å². The van der Waals surface area contributed by atoms with Gasteiger partial charge in [-0.2, -0.15) is 0 Å². The van der Waals surface area contributed by atoms with Gasteiger partial charge in [-0.1, -0.05) is 0 Å². The number of anilines is 1. The third kappa shape index (κ3) is 1.87. The highest BCUT2D eigenvalue weighted by Crippen LogP contribution is 2.27. The van der Waals surface area contributed by atoms with E-state index in [0.717, 1.165) is 0 Å². The molecule has 0 aromatic carbocycles. The zero-order valence-electron chi connectivity index (χ0n) is 8.48. The molecule has 78 valence electrons. The first-order valence-electron chi connectivity index (χ1n) is 4.17. The van der Waals surface area contributed by atoms with Crippen LogP contribution in [0.25, 0.3) is 0 Å². The summed E-state index contributed by atoms with van der Waals surface area (Å²) in [7, 11) is -3.17. The van der Waals surface area contributed by atoms with Crippen molar-refractivity contribution in [3.05, 3.63) is 24.0 Å². The van der Waals surface area contributed by atoms with Gasteiger partial charge in [0.05, 0.1) is 17.6 Å². The van der Waals surface area contributed by atoms with E-state index in [1.54, 1.807) is 26.0 Å². The van der Waals surface area contributed by atoms with Crippen molar-refractivity contribution in [3.8, 4) is 0 Å². The molecule has 5 heteroatoms. The smallest absolute Gasteiger partial charge is 0.158 e. The van der Waals surface area contributed by atoms with Crippen molar-refractivity contribution in [1.82, 2.24) is 4.98 Å². The Morgan fingerprint density at radius 3 is 2.29 bits per heavy atom. The molecule has 1 aromatic rings. The average Bonchev–Trinajstić information content (AvgIpc) is 2.03. The van der Waals surface area contributed by atoms with Crippen molar-refractivity contribution in [2.45, 2.75) is 18.6 Å². The Kier molecular flexibility index (Phi) is 2.54. The van der Waals surface area contributed by atoms with E-state index < -0.39 is 14.6 Å². The van der Waals surface area contributed by atoms with Gasteiger partial charge in [-0.3, -0.25) is 4.98 Å². The van der Waals surface area contributed by atoms with E-state index >= 15 is 0 Å². The number of hydrogen-bond donors (Lipinski definition) is 1. The Hall–Kier alpha value is -1.10. The molecule has 0 unspecified atom stereocenters. The lowest BCUT2D eigenvalue weighted by Crippen LogP contribution is -2.29. The summed E-state index contributed by atoms with van der Waals surface area (Å²) in [6.07, 6.45) is 2.66. The number of aromatic nitrogens is 1. The van der Waals surface area contributed by atoms with Crippen LogP contribution in [0, 0.1) is 0 Å². The zero-order chi connectivity index (χ0) is 11.0. The van der Waals surface area contributed by atoms with Gasteiger partial charge in [0.1, 0.15) is 4.75 Å². The van der Waals surface area contributed by atoms with E-state index in [-0.39, 0.29) is 0 Å². The van der Waals surface area contributed by atoms with E-state index in [1.807, 2.05) is 0 Å². The van der Waals surface area contributed by atoms with Crippen LogP contribution >= 0.6 is 0 Å². The Balaban J connectivity index is 3.24. The molecular formula is C9H14N2O2S. The third-order valence-electron chi connectivity index (χ3n) is 2.33. The molecule has 2 N–H and O–H groups in total. The van der Waals surface area contributed by atoms with Crippen LogP contribution in [0.1, 0.15) is 19.5 Å².